The highest BCUT2D eigenvalue weighted by Gasteiger charge is 2.20. The highest BCUT2D eigenvalue weighted by Crippen LogP contribution is 2.22. The van der Waals surface area contributed by atoms with Gasteiger partial charge in [0.2, 0.25) is 0 Å². The molecular formula is C24H30N2O3. The van der Waals surface area contributed by atoms with E-state index >= 15 is 0 Å². The predicted molar refractivity (Wildman–Crippen MR) is 115 cm³/mol. The lowest BCUT2D eigenvalue weighted by Crippen LogP contribution is -2.28. The van der Waals surface area contributed by atoms with E-state index in [2.05, 4.69) is 23.6 Å². The van der Waals surface area contributed by atoms with Crippen LogP contribution < -0.4 is 4.74 Å². The van der Waals surface area contributed by atoms with E-state index in [0.29, 0.717) is 12.2 Å². The molecule has 0 saturated heterocycles. The van der Waals surface area contributed by atoms with Gasteiger partial charge in [-0.3, -0.25) is 0 Å². The van der Waals surface area contributed by atoms with Crippen molar-refractivity contribution in [3.63, 3.8) is 0 Å². The number of nitrogens with zero attached hydrogens (tertiary/aromatic N) is 2. The van der Waals surface area contributed by atoms with Crippen LogP contribution in [0.15, 0.2) is 48.5 Å². The molecule has 154 valence electrons. The van der Waals surface area contributed by atoms with Crippen LogP contribution in [0.4, 0.5) is 0 Å². The lowest BCUT2D eigenvalue weighted by Gasteiger charge is -2.17. The Morgan fingerprint density at radius 2 is 1.86 bits per heavy atom. The van der Waals surface area contributed by atoms with Crippen LogP contribution in [0.25, 0.3) is 11.0 Å². The van der Waals surface area contributed by atoms with Crippen LogP contribution in [0, 0.1) is 5.92 Å². The fourth-order valence-electron chi connectivity index (χ4n) is 3.48. The van der Waals surface area contributed by atoms with Gasteiger partial charge in [0.1, 0.15) is 11.6 Å². The molecule has 29 heavy (non-hydrogen) atoms. The second-order valence-electron chi connectivity index (χ2n) is 7.92. The number of hydrogen-bond donors (Lipinski definition) is 1. The normalized spacial score (nSPS) is 12.4. The van der Waals surface area contributed by atoms with E-state index in [0.717, 1.165) is 48.2 Å². The molecule has 0 aliphatic rings. The van der Waals surface area contributed by atoms with E-state index in [-0.39, 0.29) is 5.92 Å². The summed E-state index contributed by atoms with van der Waals surface area (Å²) in [7, 11) is 0. The Kier molecular flexibility index (Phi) is 6.91. The van der Waals surface area contributed by atoms with Gasteiger partial charge in [0, 0.05) is 13.0 Å². The van der Waals surface area contributed by atoms with Gasteiger partial charge in [-0.2, -0.15) is 0 Å². The van der Waals surface area contributed by atoms with Crippen LogP contribution in [0.1, 0.15) is 51.4 Å². The number of para-hydroxylation sites is 2. The number of aromatic nitrogens is 2. The third-order valence-corrected chi connectivity index (χ3v) is 4.99. The molecular weight excluding hydrogens is 364 g/mol. The average molecular weight is 395 g/mol. The minimum atomic E-state index is -0.923. The first-order valence-corrected chi connectivity index (χ1v) is 10.4. The monoisotopic (exact) mass is 394 g/mol. The summed E-state index contributed by atoms with van der Waals surface area (Å²) in [6.07, 6.45) is 2.87. The summed E-state index contributed by atoms with van der Waals surface area (Å²) in [6, 6.07) is 15.9. The number of carboxylic acid groups (broad SMARTS) is 1. The van der Waals surface area contributed by atoms with Gasteiger partial charge < -0.3 is 14.4 Å². The summed E-state index contributed by atoms with van der Waals surface area (Å²) >= 11 is 0. The molecule has 1 aromatic heterocycles. The fraction of sp³-hybridized carbons (Fsp3) is 0.417. The fourth-order valence-corrected chi connectivity index (χ4v) is 3.48. The number of aliphatic carboxylic acids is 1. The third kappa shape index (κ3) is 5.37. The SMILES string of the molecule is CCCCc1nc2ccccc2n1Cc1ccc(OC(CC(C)C)C(=O)O)cc1. The largest absolute Gasteiger partial charge is 0.479 e. The first-order chi connectivity index (χ1) is 14.0. The molecule has 0 spiro atoms. The van der Waals surface area contributed by atoms with Crippen LogP contribution in [0.2, 0.25) is 0 Å². The number of ether oxygens (including phenoxy) is 1. The summed E-state index contributed by atoms with van der Waals surface area (Å²) in [5.41, 5.74) is 3.30. The van der Waals surface area contributed by atoms with Crippen molar-refractivity contribution in [3.8, 4) is 5.75 Å². The highest BCUT2D eigenvalue weighted by atomic mass is 16.5. The molecule has 5 nitrogen and oxygen atoms in total. The minimum Gasteiger partial charge on any atom is -0.479 e. The minimum absolute atomic E-state index is 0.256. The molecule has 0 radical (unpaired) electrons. The Bertz CT molecular complexity index is 944. The Morgan fingerprint density at radius 1 is 1.14 bits per heavy atom. The number of rotatable bonds is 10. The molecule has 2 aromatic carbocycles. The number of imidazole rings is 1. The van der Waals surface area contributed by atoms with E-state index in [1.807, 2.05) is 50.2 Å². The van der Waals surface area contributed by atoms with Gasteiger partial charge >= 0.3 is 5.97 Å². The van der Waals surface area contributed by atoms with Crippen molar-refractivity contribution in [1.29, 1.82) is 0 Å². The van der Waals surface area contributed by atoms with Crippen molar-refractivity contribution in [3.05, 3.63) is 59.9 Å². The quantitative estimate of drug-likeness (QED) is 0.506. The molecule has 0 saturated carbocycles. The zero-order valence-electron chi connectivity index (χ0n) is 17.5. The van der Waals surface area contributed by atoms with Crippen LogP contribution in [0.5, 0.6) is 5.75 Å². The first kappa shape index (κ1) is 20.9. The molecule has 3 aromatic rings. The lowest BCUT2D eigenvalue weighted by molar-refractivity contribution is -0.145. The van der Waals surface area contributed by atoms with Gasteiger partial charge in [-0.25, -0.2) is 9.78 Å². The molecule has 1 atom stereocenters. The van der Waals surface area contributed by atoms with Gasteiger partial charge in [-0.05, 0) is 48.6 Å². The number of benzene rings is 2. The Hall–Kier alpha value is -2.82. The van der Waals surface area contributed by atoms with Gasteiger partial charge in [0.25, 0.3) is 0 Å². The maximum Gasteiger partial charge on any atom is 0.344 e. The third-order valence-electron chi connectivity index (χ3n) is 4.99. The highest BCUT2D eigenvalue weighted by molar-refractivity contribution is 5.76. The van der Waals surface area contributed by atoms with Gasteiger partial charge in [-0.15, -0.1) is 0 Å². The molecule has 0 fully saturated rings. The van der Waals surface area contributed by atoms with Crippen molar-refractivity contribution >= 4 is 17.0 Å². The Labute approximate surface area is 172 Å². The number of carbonyl (C=O) groups is 1. The first-order valence-electron chi connectivity index (χ1n) is 10.4. The molecule has 0 bridgehead atoms. The van der Waals surface area contributed by atoms with Crippen molar-refractivity contribution in [2.24, 2.45) is 5.92 Å². The predicted octanol–water partition coefficient (Wildman–Crippen LogP) is 5.31. The molecule has 1 unspecified atom stereocenters. The van der Waals surface area contributed by atoms with E-state index in [1.165, 1.54) is 0 Å². The number of unbranched alkanes of at least 4 members (excludes halogenated alkanes) is 1. The molecule has 0 aliphatic carbocycles. The molecule has 0 aliphatic heterocycles. The van der Waals surface area contributed by atoms with Gasteiger partial charge in [0.05, 0.1) is 11.0 Å². The van der Waals surface area contributed by atoms with Crippen LogP contribution >= 0.6 is 0 Å². The standard InChI is InChI=1S/C24H30N2O3/c1-4-5-10-23-25-20-8-6-7-9-21(20)26(23)16-18-11-13-19(14-12-18)29-22(24(27)28)15-17(2)3/h6-9,11-14,17,22H,4-5,10,15-16H2,1-3H3,(H,27,28). The number of carboxylic acids is 1. The van der Waals surface area contributed by atoms with Crippen molar-refractivity contribution < 1.29 is 14.6 Å². The molecule has 0 amide bonds. The lowest BCUT2D eigenvalue weighted by atomic mass is 10.1. The maximum absolute atomic E-state index is 11.4. The summed E-state index contributed by atoms with van der Waals surface area (Å²) in [5.74, 6) is 1.03. The topological polar surface area (TPSA) is 64.4 Å². The van der Waals surface area contributed by atoms with Crippen LogP contribution in [-0.2, 0) is 17.8 Å². The summed E-state index contributed by atoms with van der Waals surface area (Å²) in [4.78, 5) is 16.3. The second-order valence-corrected chi connectivity index (χ2v) is 7.92. The van der Waals surface area contributed by atoms with Gasteiger partial charge in [-0.1, -0.05) is 51.5 Å². The van der Waals surface area contributed by atoms with Crippen LogP contribution in [0.3, 0.4) is 0 Å². The molecule has 5 heteroatoms. The zero-order chi connectivity index (χ0) is 20.8. The Morgan fingerprint density at radius 3 is 2.52 bits per heavy atom. The van der Waals surface area contributed by atoms with Crippen molar-refractivity contribution in [1.82, 2.24) is 9.55 Å². The summed E-state index contributed by atoms with van der Waals surface area (Å²) < 4.78 is 7.98. The zero-order valence-corrected chi connectivity index (χ0v) is 17.5. The number of fused-ring (bicyclic) bond motifs is 1. The molecule has 1 N–H and O–H groups in total. The van der Waals surface area contributed by atoms with Crippen molar-refractivity contribution in [2.45, 2.75) is 59.1 Å². The smallest absolute Gasteiger partial charge is 0.344 e. The van der Waals surface area contributed by atoms with E-state index < -0.39 is 12.1 Å². The van der Waals surface area contributed by atoms with E-state index in [4.69, 9.17) is 9.72 Å². The summed E-state index contributed by atoms with van der Waals surface area (Å²) in [6.45, 7) is 6.91. The second kappa shape index (κ2) is 9.59. The maximum atomic E-state index is 11.4. The van der Waals surface area contributed by atoms with Gasteiger partial charge in [0.15, 0.2) is 6.10 Å². The van der Waals surface area contributed by atoms with E-state index in [1.54, 1.807) is 0 Å². The molecule has 3 rings (SSSR count). The van der Waals surface area contributed by atoms with Crippen LogP contribution in [-0.4, -0.2) is 26.7 Å². The average Bonchev–Trinajstić information content (AvgIpc) is 3.04. The number of hydrogen-bond acceptors (Lipinski definition) is 3. The van der Waals surface area contributed by atoms with E-state index in [9.17, 15) is 9.90 Å². The Balaban J connectivity index is 1.78. The number of aryl methyl sites for hydroxylation is 1. The molecule has 1 heterocycles. The summed E-state index contributed by atoms with van der Waals surface area (Å²) in [5, 5.41) is 9.38. The van der Waals surface area contributed by atoms with Crippen molar-refractivity contribution in [2.75, 3.05) is 0 Å².